The van der Waals surface area contributed by atoms with Crippen LogP contribution in [0.3, 0.4) is 0 Å². The number of halogens is 2. The SMILES string of the molecule is CC(C)(C)CC(C)(O)COC(=O)C(Cl)Cl. The minimum atomic E-state index is -1.20. The molecule has 0 saturated carbocycles. The molecule has 0 amide bonds. The summed E-state index contributed by atoms with van der Waals surface area (Å²) in [6, 6.07) is 0. The van der Waals surface area contributed by atoms with Crippen molar-refractivity contribution in [3.05, 3.63) is 0 Å². The normalized spacial score (nSPS) is 16.3. The van der Waals surface area contributed by atoms with E-state index in [1.807, 2.05) is 20.8 Å². The van der Waals surface area contributed by atoms with Crippen LogP contribution in [-0.4, -0.2) is 28.1 Å². The molecule has 0 saturated heterocycles. The minimum Gasteiger partial charge on any atom is -0.461 e. The second-order valence-corrected chi connectivity index (χ2v) is 6.24. The summed E-state index contributed by atoms with van der Waals surface area (Å²) in [6.07, 6.45) is 0.516. The van der Waals surface area contributed by atoms with E-state index in [2.05, 4.69) is 0 Å². The van der Waals surface area contributed by atoms with Crippen LogP contribution in [0.15, 0.2) is 0 Å². The van der Waals surface area contributed by atoms with E-state index >= 15 is 0 Å². The van der Waals surface area contributed by atoms with Crippen LogP contribution in [0.1, 0.15) is 34.1 Å². The van der Waals surface area contributed by atoms with Gasteiger partial charge >= 0.3 is 5.97 Å². The van der Waals surface area contributed by atoms with Crippen molar-refractivity contribution in [2.45, 2.75) is 44.6 Å². The van der Waals surface area contributed by atoms with Crippen molar-refractivity contribution in [2.75, 3.05) is 6.61 Å². The number of hydrogen-bond acceptors (Lipinski definition) is 3. The predicted octanol–water partition coefficient (Wildman–Crippen LogP) is 2.52. The van der Waals surface area contributed by atoms with E-state index in [1.165, 1.54) is 0 Å². The molecule has 0 aromatic heterocycles. The first-order valence-electron chi connectivity index (χ1n) is 4.71. The zero-order valence-electron chi connectivity index (χ0n) is 9.51. The molecule has 0 rings (SSSR count). The molecule has 0 aliphatic rings. The molecule has 5 heteroatoms. The van der Waals surface area contributed by atoms with Crippen LogP contribution in [0.25, 0.3) is 0 Å². The van der Waals surface area contributed by atoms with E-state index in [0.717, 1.165) is 0 Å². The lowest BCUT2D eigenvalue weighted by molar-refractivity contribution is -0.150. The Morgan fingerprint density at radius 1 is 1.33 bits per heavy atom. The van der Waals surface area contributed by atoms with Crippen LogP contribution in [0.4, 0.5) is 0 Å². The molecule has 1 unspecified atom stereocenters. The fourth-order valence-corrected chi connectivity index (χ4v) is 1.61. The highest BCUT2D eigenvalue weighted by Crippen LogP contribution is 2.27. The van der Waals surface area contributed by atoms with Gasteiger partial charge in [0, 0.05) is 0 Å². The number of carbonyl (C=O) groups is 1. The predicted molar refractivity (Wildman–Crippen MR) is 61.1 cm³/mol. The molecule has 0 aromatic carbocycles. The molecule has 0 heterocycles. The lowest BCUT2D eigenvalue weighted by atomic mass is 9.83. The Balaban J connectivity index is 4.10. The topological polar surface area (TPSA) is 46.5 Å². The average Bonchev–Trinajstić information content (AvgIpc) is 1.95. The number of ether oxygens (including phenoxy) is 1. The maximum Gasteiger partial charge on any atom is 0.339 e. The maximum absolute atomic E-state index is 11.0. The summed E-state index contributed by atoms with van der Waals surface area (Å²) in [5.41, 5.74) is -1.10. The second kappa shape index (κ2) is 5.37. The molecule has 0 bridgehead atoms. The zero-order valence-corrected chi connectivity index (χ0v) is 11.0. The van der Waals surface area contributed by atoms with Gasteiger partial charge in [-0.15, -0.1) is 0 Å². The summed E-state index contributed by atoms with van der Waals surface area (Å²) in [5.74, 6) is -0.729. The lowest BCUT2D eigenvalue weighted by Gasteiger charge is -2.30. The summed E-state index contributed by atoms with van der Waals surface area (Å²) < 4.78 is 4.76. The number of carbonyl (C=O) groups excluding carboxylic acids is 1. The molecule has 0 aliphatic heterocycles. The van der Waals surface area contributed by atoms with Crippen LogP contribution < -0.4 is 0 Å². The fourth-order valence-electron chi connectivity index (χ4n) is 1.48. The van der Waals surface area contributed by atoms with E-state index in [-0.39, 0.29) is 12.0 Å². The smallest absolute Gasteiger partial charge is 0.339 e. The highest BCUT2D eigenvalue weighted by atomic mass is 35.5. The monoisotopic (exact) mass is 256 g/mol. The molecule has 0 fully saturated rings. The third kappa shape index (κ3) is 7.88. The summed E-state index contributed by atoms with van der Waals surface area (Å²) >= 11 is 10.6. The minimum absolute atomic E-state index is 0.0444. The molecule has 90 valence electrons. The van der Waals surface area contributed by atoms with Gasteiger partial charge in [0.2, 0.25) is 4.84 Å². The first-order valence-corrected chi connectivity index (χ1v) is 5.58. The van der Waals surface area contributed by atoms with Crippen molar-refractivity contribution in [1.29, 1.82) is 0 Å². The first kappa shape index (κ1) is 15.0. The van der Waals surface area contributed by atoms with Crippen LogP contribution in [0, 0.1) is 5.41 Å². The second-order valence-electron chi connectivity index (χ2n) is 5.14. The Morgan fingerprint density at radius 3 is 2.13 bits per heavy atom. The van der Waals surface area contributed by atoms with Crippen molar-refractivity contribution in [3.63, 3.8) is 0 Å². The molecule has 1 atom stereocenters. The molecule has 15 heavy (non-hydrogen) atoms. The van der Waals surface area contributed by atoms with Gasteiger partial charge in [0.15, 0.2) is 0 Å². The molecule has 0 aromatic rings. The van der Waals surface area contributed by atoms with Gasteiger partial charge in [-0.2, -0.15) is 0 Å². The van der Waals surface area contributed by atoms with Gasteiger partial charge in [-0.3, -0.25) is 0 Å². The average molecular weight is 257 g/mol. The van der Waals surface area contributed by atoms with Gasteiger partial charge in [0.05, 0.1) is 5.60 Å². The summed E-state index contributed by atoms with van der Waals surface area (Å²) in [4.78, 5) is 9.76. The quantitative estimate of drug-likeness (QED) is 0.621. The maximum atomic E-state index is 11.0. The Labute approximate surface area is 101 Å². The van der Waals surface area contributed by atoms with E-state index in [4.69, 9.17) is 27.9 Å². The third-order valence-electron chi connectivity index (χ3n) is 1.61. The number of alkyl halides is 2. The van der Waals surface area contributed by atoms with Gasteiger partial charge in [0.1, 0.15) is 6.61 Å². The van der Waals surface area contributed by atoms with Gasteiger partial charge in [-0.1, -0.05) is 44.0 Å². The number of esters is 1. The first-order chi connectivity index (χ1) is 6.53. The Kier molecular flexibility index (Phi) is 5.38. The zero-order chi connectivity index (χ0) is 12.3. The largest absolute Gasteiger partial charge is 0.461 e. The van der Waals surface area contributed by atoms with Crippen LogP contribution >= 0.6 is 23.2 Å². The lowest BCUT2D eigenvalue weighted by Crippen LogP contribution is -2.36. The van der Waals surface area contributed by atoms with E-state index in [1.54, 1.807) is 6.92 Å². The summed E-state index contributed by atoms with van der Waals surface area (Å²) in [7, 11) is 0. The third-order valence-corrected chi connectivity index (χ3v) is 1.97. The van der Waals surface area contributed by atoms with Gasteiger partial charge in [0.25, 0.3) is 0 Å². The summed E-state index contributed by atoms with van der Waals surface area (Å²) in [6.45, 7) is 7.50. The van der Waals surface area contributed by atoms with E-state index in [9.17, 15) is 9.90 Å². The molecule has 3 nitrogen and oxygen atoms in total. The van der Waals surface area contributed by atoms with Crippen molar-refractivity contribution in [3.8, 4) is 0 Å². The molecule has 0 spiro atoms. The molecular weight excluding hydrogens is 239 g/mol. The molecule has 1 N–H and O–H groups in total. The van der Waals surface area contributed by atoms with Crippen LogP contribution in [-0.2, 0) is 9.53 Å². The van der Waals surface area contributed by atoms with Crippen molar-refractivity contribution >= 4 is 29.2 Å². The van der Waals surface area contributed by atoms with Crippen molar-refractivity contribution < 1.29 is 14.6 Å². The van der Waals surface area contributed by atoms with Gasteiger partial charge in [-0.05, 0) is 18.8 Å². The van der Waals surface area contributed by atoms with Crippen molar-refractivity contribution in [2.24, 2.45) is 5.41 Å². The Morgan fingerprint density at radius 2 is 1.80 bits per heavy atom. The van der Waals surface area contributed by atoms with Crippen molar-refractivity contribution in [1.82, 2.24) is 0 Å². The molecule has 0 radical (unpaired) electrons. The standard InChI is InChI=1S/C10H18Cl2O3/c1-9(2,3)5-10(4,14)6-15-8(13)7(11)12/h7,14H,5-6H2,1-4H3. The Hall–Kier alpha value is 0.01000. The van der Waals surface area contributed by atoms with Gasteiger partial charge in [-0.25, -0.2) is 4.79 Å². The highest BCUT2D eigenvalue weighted by molar-refractivity contribution is 6.52. The number of rotatable bonds is 4. The number of hydrogen-bond donors (Lipinski definition) is 1. The number of aliphatic hydroxyl groups is 1. The van der Waals surface area contributed by atoms with E-state index in [0.29, 0.717) is 6.42 Å². The molecule has 0 aliphatic carbocycles. The fraction of sp³-hybridized carbons (Fsp3) is 0.900. The van der Waals surface area contributed by atoms with Gasteiger partial charge < -0.3 is 9.84 Å². The van der Waals surface area contributed by atoms with Crippen LogP contribution in [0.2, 0.25) is 0 Å². The highest BCUT2D eigenvalue weighted by Gasteiger charge is 2.29. The Bertz CT molecular complexity index is 219. The van der Waals surface area contributed by atoms with Crippen LogP contribution in [0.5, 0.6) is 0 Å². The summed E-state index contributed by atoms with van der Waals surface area (Å²) in [5, 5.41) is 9.92. The van der Waals surface area contributed by atoms with E-state index < -0.39 is 16.4 Å². The molecular formula is C10H18Cl2O3.